The summed E-state index contributed by atoms with van der Waals surface area (Å²) in [5.74, 6) is 1.24. The van der Waals surface area contributed by atoms with E-state index in [1.165, 1.54) is 0 Å². The summed E-state index contributed by atoms with van der Waals surface area (Å²) in [6.07, 6.45) is 0.793. The van der Waals surface area contributed by atoms with E-state index in [0.717, 1.165) is 22.4 Å². The van der Waals surface area contributed by atoms with E-state index in [1.54, 1.807) is 7.11 Å². The van der Waals surface area contributed by atoms with Gasteiger partial charge in [-0.25, -0.2) is 9.97 Å². The Kier molecular flexibility index (Phi) is 4.27. The van der Waals surface area contributed by atoms with Gasteiger partial charge in [0.05, 0.1) is 16.8 Å². The molecule has 0 bridgehead atoms. The Morgan fingerprint density at radius 2 is 1.94 bits per heavy atom. The largest absolute Gasteiger partial charge is 0.383 e. The predicted molar refractivity (Wildman–Crippen MR) is 68.0 cm³/mol. The second-order valence-electron chi connectivity index (χ2n) is 4.96. The highest BCUT2D eigenvalue weighted by molar-refractivity contribution is 9.10. The van der Waals surface area contributed by atoms with Crippen molar-refractivity contribution in [3.05, 3.63) is 16.0 Å². The molecule has 0 radical (unpaired) electrons. The molecule has 1 heterocycles. The van der Waals surface area contributed by atoms with Crippen molar-refractivity contribution in [2.24, 2.45) is 5.41 Å². The molecule has 0 aliphatic heterocycles. The fourth-order valence-corrected chi connectivity index (χ4v) is 1.64. The van der Waals surface area contributed by atoms with Crippen LogP contribution in [0.5, 0.6) is 0 Å². The fraction of sp³-hybridized carbons (Fsp3) is 0.636. The molecule has 1 aromatic rings. The molecule has 0 aliphatic carbocycles. The van der Waals surface area contributed by atoms with E-state index in [1.807, 2.05) is 0 Å². The zero-order valence-corrected chi connectivity index (χ0v) is 11.8. The molecule has 16 heavy (non-hydrogen) atoms. The number of hydrogen-bond donors (Lipinski definition) is 1. The Balaban J connectivity index is 3.04. The monoisotopic (exact) mass is 287 g/mol. The van der Waals surface area contributed by atoms with Crippen molar-refractivity contribution in [3.63, 3.8) is 0 Å². The van der Waals surface area contributed by atoms with Gasteiger partial charge in [0.1, 0.15) is 11.6 Å². The van der Waals surface area contributed by atoms with Crippen LogP contribution in [0.25, 0.3) is 0 Å². The third kappa shape index (κ3) is 3.72. The highest BCUT2D eigenvalue weighted by Crippen LogP contribution is 2.24. The molecule has 5 heteroatoms. The highest BCUT2D eigenvalue weighted by Gasteiger charge is 2.16. The maximum atomic E-state index is 5.82. The van der Waals surface area contributed by atoms with Gasteiger partial charge in [-0.05, 0) is 21.3 Å². The van der Waals surface area contributed by atoms with E-state index in [4.69, 9.17) is 10.5 Å². The molecule has 0 spiro atoms. The van der Waals surface area contributed by atoms with Gasteiger partial charge in [0, 0.05) is 13.5 Å². The van der Waals surface area contributed by atoms with Crippen LogP contribution in [0.1, 0.15) is 32.3 Å². The average Bonchev–Trinajstić information content (AvgIpc) is 2.11. The molecule has 90 valence electrons. The van der Waals surface area contributed by atoms with Crippen LogP contribution in [-0.2, 0) is 17.8 Å². The summed E-state index contributed by atoms with van der Waals surface area (Å²) >= 11 is 3.36. The van der Waals surface area contributed by atoms with Crippen LogP contribution in [0.4, 0.5) is 5.82 Å². The molecule has 1 aromatic heterocycles. The quantitative estimate of drug-likeness (QED) is 0.928. The van der Waals surface area contributed by atoms with Crippen LogP contribution in [0.15, 0.2) is 4.47 Å². The van der Waals surface area contributed by atoms with Crippen LogP contribution in [0, 0.1) is 5.41 Å². The lowest BCUT2D eigenvalue weighted by molar-refractivity contribution is 0.180. The molecule has 0 saturated carbocycles. The second kappa shape index (κ2) is 5.10. The summed E-state index contributed by atoms with van der Waals surface area (Å²) in [7, 11) is 1.63. The third-order valence-corrected chi connectivity index (χ3v) is 2.83. The Morgan fingerprint density at radius 1 is 1.31 bits per heavy atom. The standard InChI is InChI=1S/C11H18BrN3O/c1-11(2,3)5-8-14-7(6-16-4)9(12)10(13)15-8/h5-6H2,1-4H3,(H2,13,14,15). The van der Waals surface area contributed by atoms with Gasteiger partial charge in [-0.1, -0.05) is 20.8 Å². The molecule has 2 N–H and O–H groups in total. The Morgan fingerprint density at radius 3 is 2.44 bits per heavy atom. The molecule has 0 unspecified atom stereocenters. The molecule has 0 saturated heterocycles. The first kappa shape index (κ1) is 13.4. The lowest BCUT2D eigenvalue weighted by Gasteiger charge is -2.17. The van der Waals surface area contributed by atoms with Crippen LogP contribution in [-0.4, -0.2) is 17.1 Å². The van der Waals surface area contributed by atoms with Gasteiger partial charge in [-0.3, -0.25) is 0 Å². The molecule has 1 rings (SSSR count). The highest BCUT2D eigenvalue weighted by atomic mass is 79.9. The molecular weight excluding hydrogens is 270 g/mol. The van der Waals surface area contributed by atoms with Crippen LogP contribution < -0.4 is 5.73 Å². The summed E-state index contributed by atoms with van der Waals surface area (Å²) in [6.45, 7) is 6.87. The number of nitrogens with zero attached hydrogens (tertiary/aromatic N) is 2. The van der Waals surface area contributed by atoms with E-state index < -0.39 is 0 Å². The first-order valence-corrected chi connectivity index (χ1v) is 5.92. The number of ether oxygens (including phenoxy) is 1. The molecule has 0 aromatic carbocycles. The van der Waals surface area contributed by atoms with E-state index in [-0.39, 0.29) is 5.41 Å². The smallest absolute Gasteiger partial charge is 0.141 e. The minimum Gasteiger partial charge on any atom is -0.383 e. The topological polar surface area (TPSA) is 61.0 Å². The van der Waals surface area contributed by atoms with Crippen molar-refractivity contribution in [2.75, 3.05) is 12.8 Å². The van der Waals surface area contributed by atoms with Crippen LogP contribution >= 0.6 is 15.9 Å². The number of nitrogen functional groups attached to an aromatic ring is 1. The van der Waals surface area contributed by atoms with Crippen molar-refractivity contribution in [1.29, 1.82) is 0 Å². The van der Waals surface area contributed by atoms with Crippen LogP contribution in [0.3, 0.4) is 0 Å². The number of hydrogen-bond acceptors (Lipinski definition) is 4. The predicted octanol–water partition coefficient (Wildman–Crippen LogP) is 2.56. The van der Waals surface area contributed by atoms with Gasteiger partial charge in [0.2, 0.25) is 0 Å². The number of nitrogens with two attached hydrogens (primary N) is 1. The lowest BCUT2D eigenvalue weighted by Crippen LogP contribution is -2.14. The van der Waals surface area contributed by atoms with E-state index in [9.17, 15) is 0 Å². The molecule has 0 atom stereocenters. The van der Waals surface area contributed by atoms with Gasteiger partial charge in [-0.2, -0.15) is 0 Å². The number of methoxy groups -OCH3 is 1. The van der Waals surface area contributed by atoms with Gasteiger partial charge in [-0.15, -0.1) is 0 Å². The Hall–Kier alpha value is -0.680. The number of anilines is 1. The summed E-state index contributed by atoms with van der Waals surface area (Å²) in [5, 5.41) is 0. The fourth-order valence-electron chi connectivity index (χ4n) is 1.35. The SMILES string of the molecule is COCc1nc(CC(C)(C)C)nc(N)c1Br. The molecule has 0 amide bonds. The van der Waals surface area contributed by atoms with E-state index >= 15 is 0 Å². The molecular formula is C11H18BrN3O. The minimum absolute atomic E-state index is 0.143. The van der Waals surface area contributed by atoms with Crippen molar-refractivity contribution >= 4 is 21.7 Å². The first-order valence-electron chi connectivity index (χ1n) is 5.13. The van der Waals surface area contributed by atoms with E-state index in [0.29, 0.717) is 12.4 Å². The van der Waals surface area contributed by atoms with Gasteiger partial charge in [0.25, 0.3) is 0 Å². The van der Waals surface area contributed by atoms with Crippen molar-refractivity contribution in [3.8, 4) is 0 Å². The van der Waals surface area contributed by atoms with Gasteiger partial charge < -0.3 is 10.5 Å². The zero-order chi connectivity index (χ0) is 12.3. The zero-order valence-electron chi connectivity index (χ0n) is 10.2. The van der Waals surface area contributed by atoms with E-state index in [2.05, 4.69) is 46.7 Å². The number of aromatic nitrogens is 2. The van der Waals surface area contributed by atoms with Crippen molar-refractivity contribution in [1.82, 2.24) is 9.97 Å². The maximum Gasteiger partial charge on any atom is 0.141 e. The Bertz CT molecular complexity index is 374. The minimum atomic E-state index is 0.143. The van der Waals surface area contributed by atoms with Crippen molar-refractivity contribution in [2.45, 2.75) is 33.8 Å². The van der Waals surface area contributed by atoms with Crippen LogP contribution in [0.2, 0.25) is 0 Å². The summed E-state index contributed by atoms with van der Waals surface area (Å²) in [6, 6.07) is 0. The third-order valence-electron chi connectivity index (χ3n) is 1.96. The summed E-state index contributed by atoms with van der Waals surface area (Å²) < 4.78 is 5.80. The molecule has 0 aliphatic rings. The number of rotatable bonds is 3. The van der Waals surface area contributed by atoms with Gasteiger partial charge in [0.15, 0.2) is 0 Å². The van der Waals surface area contributed by atoms with Crippen molar-refractivity contribution < 1.29 is 4.74 Å². The Labute approximate surface area is 105 Å². The summed E-state index contributed by atoms with van der Waals surface area (Å²) in [4.78, 5) is 8.71. The first-order chi connectivity index (χ1) is 7.33. The summed E-state index contributed by atoms with van der Waals surface area (Å²) in [5.41, 5.74) is 6.76. The number of halogens is 1. The molecule has 4 nitrogen and oxygen atoms in total. The lowest BCUT2D eigenvalue weighted by atomic mass is 9.92. The molecule has 0 fully saturated rings. The van der Waals surface area contributed by atoms with Gasteiger partial charge >= 0.3 is 0 Å². The normalized spacial score (nSPS) is 11.8. The second-order valence-corrected chi connectivity index (χ2v) is 5.75. The maximum absolute atomic E-state index is 5.82. The average molecular weight is 288 g/mol.